The van der Waals surface area contributed by atoms with Crippen molar-refractivity contribution in [2.24, 2.45) is 0 Å². The molecular weight excluding hydrogens is 214 g/mol. The molecule has 0 bridgehead atoms. The molecule has 0 saturated heterocycles. The minimum Gasteiger partial charge on any atom is -0.496 e. The maximum atomic E-state index is 5.34. The Morgan fingerprint density at radius 3 is 2.76 bits per heavy atom. The molecule has 0 saturated carbocycles. The Morgan fingerprint density at radius 2 is 2.06 bits per heavy atom. The van der Waals surface area contributed by atoms with Crippen molar-refractivity contribution in [3.63, 3.8) is 0 Å². The van der Waals surface area contributed by atoms with Crippen LogP contribution in [0.5, 0.6) is 5.75 Å². The van der Waals surface area contributed by atoms with E-state index in [1.54, 1.807) is 13.4 Å². The second-order valence-corrected chi connectivity index (χ2v) is 4.24. The molecule has 0 N–H and O–H groups in total. The van der Waals surface area contributed by atoms with Crippen molar-refractivity contribution in [2.45, 2.75) is 26.3 Å². The van der Waals surface area contributed by atoms with Crippen molar-refractivity contribution >= 4 is 0 Å². The van der Waals surface area contributed by atoms with Crippen LogP contribution < -0.4 is 4.74 Å². The lowest BCUT2D eigenvalue weighted by molar-refractivity contribution is 0.410. The van der Waals surface area contributed by atoms with Gasteiger partial charge in [-0.15, -0.1) is 10.2 Å². The zero-order valence-corrected chi connectivity index (χ0v) is 10.4. The van der Waals surface area contributed by atoms with Gasteiger partial charge in [-0.25, -0.2) is 0 Å². The lowest BCUT2D eigenvalue weighted by Gasteiger charge is -2.11. The molecule has 0 radical (unpaired) electrons. The van der Waals surface area contributed by atoms with Gasteiger partial charge >= 0.3 is 0 Å². The topological polar surface area (TPSA) is 39.9 Å². The van der Waals surface area contributed by atoms with Crippen LogP contribution >= 0.6 is 0 Å². The molecule has 0 aliphatic carbocycles. The summed E-state index contributed by atoms with van der Waals surface area (Å²) in [7, 11) is 1.69. The Labute approximate surface area is 101 Å². The molecular formula is C13H17N3O. The molecule has 4 nitrogen and oxygen atoms in total. The van der Waals surface area contributed by atoms with Gasteiger partial charge in [0.2, 0.25) is 0 Å². The minimum atomic E-state index is 0.370. The van der Waals surface area contributed by atoms with E-state index in [1.807, 2.05) is 18.2 Å². The Kier molecular flexibility index (Phi) is 3.42. The van der Waals surface area contributed by atoms with Crippen LogP contribution in [0.15, 0.2) is 30.6 Å². The molecule has 0 amide bonds. The lowest BCUT2D eigenvalue weighted by Crippen LogP contribution is -2.06. The molecule has 17 heavy (non-hydrogen) atoms. The Balaban J connectivity index is 2.28. The maximum absolute atomic E-state index is 5.34. The Hall–Kier alpha value is -1.84. The molecule has 90 valence electrons. The maximum Gasteiger partial charge on any atom is 0.137 e. The van der Waals surface area contributed by atoms with E-state index in [0.717, 1.165) is 23.6 Å². The van der Waals surface area contributed by atoms with E-state index in [-0.39, 0.29) is 0 Å². The predicted molar refractivity (Wildman–Crippen MR) is 66.2 cm³/mol. The summed E-state index contributed by atoms with van der Waals surface area (Å²) in [4.78, 5) is 0. The van der Waals surface area contributed by atoms with Crippen molar-refractivity contribution in [1.82, 2.24) is 14.8 Å². The van der Waals surface area contributed by atoms with Crippen LogP contribution in [0.4, 0.5) is 0 Å². The molecule has 4 heteroatoms. The van der Waals surface area contributed by atoms with Crippen molar-refractivity contribution < 1.29 is 4.74 Å². The molecule has 1 heterocycles. The fourth-order valence-corrected chi connectivity index (χ4v) is 1.84. The van der Waals surface area contributed by atoms with Gasteiger partial charge in [-0.3, -0.25) is 0 Å². The Morgan fingerprint density at radius 1 is 1.29 bits per heavy atom. The van der Waals surface area contributed by atoms with Gasteiger partial charge in [0.25, 0.3) is 0 Å². The summed E-state index contributed by atoms with van der Waals surface area (Å²) in [5.41, 5.74) is 1.13. The van der Waals surface area contributed by atoms with Gasteiger partial charge in [-0.1, -0.05) is 18.2 Å². The third-order valence-electron chi connectivity index (χ3n) is 2.74. The summed E-state index contributed by atoms with van der Waals surface area (Å²) < 4.78 is 7.41. The monoisotopic (exact) mass is 231 g/mol. The van der Waals surface area contributed by atoms with Gasteiger partial charge in [-0.05, 0) is 19.9 Å². The minimum absolute atomic E-state index is 0.370. The number of para-hydroxylation sites is 1. The second-order valence-electron chi connectivity index (χ2n) is 4.24. The summed E-state index contributed by atoms with van der Waals surface area (Å²) in [6.07, 6.45) is 2.51. The van der Waals surface area contributed by atoms with Crippen LogP contribution in [-0.4, -0.2) is 21.9 Å². The Bertz CT molecular complexity index is 491. The van der Waals surface area contributed by atoms with Gasteiger partial charge in [0.05, 0.1) is 7.11 Å². The lowest BCUT2D eigenvalue weighted by atomic mass is 10.1. The van der Waals surface area contributed by atoms with Gasteiger partial charge in [0.1, 0.15) is 17.9 Å². The number of aromatic nitrogens is 3. The average Bonchev–Trinajstić information content (AvgIpc) is 2.78. The van der Waals surface area contributed by atoms with Gasteiger partial charge in [0.15, 0.2) is 0 Å². The first-order chi connectivity index (χ1) is 8.22. The van der Waals surface area contributed by atoms with Gasteiger partial charge < -0.3 is 9.30 Å². The first kappa shape index (κ1) is 11.6. The van der Waals surface area contributed by atoms with Crippen molar-refractivity contribution in [2.75, 3.05) is 7.11 Å². The molecule has 0 spiro atoms. The second kappa shape index (κ2) is 4.99. The van der Waals surface area contributed by atoms with Crippen molar-refractivity contribution in [1.29, 1.82) is 0 Å². The highest BCUT2D eigenvalue weighted by atomic mass is 16.5. The van der Waals surface area contributed by atoms with Crippen molar-refractivity contribution in [3.8, 4) is 5.75 Å². The summed E-state index contributed by atoms with van der Waals surface area (Å²) in [6.45, 7) is 4.24. The highest BCUT2D eigenvalue weighted by Gasteiger charge is 2.10. The summed E-state index contributed by atoms with van der Waals surface area (Å²) in [5.74, 6) is 1.86. The summed E-state index contributed by atoms with van der Waals surface area (Å²) >= 11 is 0. The number of nitrogens with zero attached hydrogens (tertiary/aromatic N) is 3. The molecule has 0 unspecified atom stereocenters. The zero-order chi connectivity index (χ0) is 12.3. The van der Waals surface area contributed by atoms with E-state index in [2.05, 4.69) is 34.7 Å². The van der Waals surface area contributed by atoms with E-state index in [9.17, 15) is 0 Å². The van der Waals surface area contributed by atoms with Crippen molar-refractivity contribution in [3.05, 3.63) is 42.0 Å². The standard InChI is InChI=1S/C13H17N3O/c1-10(2)16-9-14-15-13(16)8-11-6-4-5-7-12(11)17-3/h4-7,9-10H,8H2,1-3H3. The van der Waals surface area contributed by atoms with Crippen LogP contribution in [0.25, 0.3) is 0 Å². The molecule has 1 aromatic carbocycles. The van der Waals surface area contributed by atoms with E-state index in [4.69, 9.17) is 4.74 Å². The van der Waals surface area contributed by atoms with E-state index in [1.165, 1.54) is 0 Å². The van der Waals surface area contributed by atoms with Gasteiger partial charge in [0, 0.05) is 18.0 Å². The molecule has 0 aliphatic rings. The third-order valence-corrected chi connectivity index (χ3v) is 2.74. The number of hydrogen-bond acceptors (Lipinski definition) is 3. The largest absolute Gasteiger partial charge is 0.496 e. The quantitative estimate of drug-likeness (QED) is 0.811. The van der Waals surface area contributed by atoms with Crippen LogP contribution in [0.2, 0.25) is 0 Å². The fraction of sp³-hybridized carbons (Fsp3) is 0.385. The SMILES string of the molecule is COc1ccccc1Cc1nncn1C(C)C. The van der Waals surface area contributed by atoms with Crippen LogP contribution in [-0.2, 0) is 6.42 Å². The fourth-order valence-electron chi connectivity index (χ4n) is 1.84. The van der Waals surface area contributed by atoms with Gasteiger partial charge in [-0.2, -0.15) is 0 Å². The number of benzene rings is 1. The molecule has 2 rings (SSSR count). The third kappa shape index (κ3) is 2.46. The highest BCUT2D eigenvalue weighted by Crippen LogP contribution is 2.21. The summed E-state index contributed by atoms with van der Waals surface area (Å²) in [6, 6.07) is 8.36. The van der Waals surface area contributed by atoms with E-state index >= 15 is 0 Å². The normalized spacial score (nSPS) is 10.8. The van der Waals surface area contributed by atoms with Crippen LogP contribution in [0.3, 0.4) is 0 Å². The van der Waals surface area contributed by atoms with Crippen LogP contribution in [0.1, 0.15) is 31.3 Å². The van der Waals surface area contributed by atoms with E-state index in [0.29, 0.717) is 6.04 Å². The first-order valence-electron chi connectivity index (χ1n) is 5.72. The molecule has 0 aliphatic heterocycles. The number of hydrogen-bond donors (Lipinski definition) is 0. The highest BCUT2D eigenvalue weighted by molar-refractivity contribution is 5.35. The first-order valence-corrected chi connectivity index (χ1v) is 5.72. The van der Waals surface area contributed by atoms with Crippen LogP contribution in [0, 0.1) is 0 Å². The zero-order valence-electron chi connectivity index (χ0n) is 10.4. The molecule has 1 aromatic heterocycles. The molecule has 0 atom stereocenters. The number of methoxy groups -OCH3 is 1. The van der Waals surface area contributed by atoms with E-state index < -0.39 is 0 Å². The smallest absolute Gasteiger partial charge is 0.137 e. The number of ether oxygens (including phenoxy) is 1. The molecule has 0 fully saturated rings. The number of rotatable bonds is 4. The molecule has 2 aromatic rings. The predicted octanol–water partition coefficient (Wildman–Crippen LogP) is 2.46. The average molecular weight is 231 g/mol. The summed E-state index contributed by atoms with van der Waals surface area (Å²) in [5, 5.41) is 8.13.